The molecule has 0 heterocycles. The molecule has 8 aromatic carbocycles. The zero-order valence-electron chi connectivity index (χ0n) is 45.7. The van der Waals surface area contributed by atoms with E-state index in [2.05, 4.69) is 31.1 Å². The molecule has 8 aromatic rings. The molecule has 0 atom stereocenters. The Bertz CT molecular complexity index is 4300. The molecule has 3 aliphatic carbocycles. The van der Waals surface area contributed by atoms with Gasteiger partial charge in [0, 0.05) is 44.8 Å². The summed E-state index contributed by atoms with van der Waals surface area (Å²) in [6, 6.07) is 33.9. The third-order valence-corrected chi connectivity index (χ3v) is 15.7. The average molecular weight is 1210 g/mol. The summed E-state index contributed by atoms with van der Waals surface area (Å²) in [7, 11) is -7.52. The van der Waals surface area contributed by atoms with E-state index in [0.29, 0.717) is 22.9 Å². The Balaban J connectivity index is 0.00000442. The molecule has 0 aliphatic heterocycles. The number of ketones is 5. The van der Waals surface area contributed by atoms with Crippen LogP contribution in [0.3, 0.4) is 0 Å². The minimum atomic E-state index is -5.22. The monoisotopic (exact) mass is 1210 g/mol. The Labute approximate surface area is 534 Å². The fourth-order valence-electron chi connectivity index (χ4n) is 9.95. The van der Waals surface area contributed by atoms with Crippen LogP contribution in [0.15, 0.2) is 187 Å². The molecule has 0 unspecified atom stereocenters. The maximum atomic E-state index is 14.3. The standard InChI is InChI=1S/C61H42N6O15S2.2Na/c1-81-37-19-15-35(16-20-37)62-45-29-49(83(75,76)77)55(53-51(45)58(71)39-7-3-5-9-41(39)60(53)73)66-64-43-27-31(11-23-47(43)68)25-33-13-14-34(57(33)70)26-32-12-24-48(69)44(28-32)65-67-56-50(84(78,79)80)30-46(63-36-17-21-38(82-2)22-18-36)52-54(56)61(74)42-10-6-4-8-40(42)59(52)72;;/h3-12,15-30,62-63,68-69H,13-14H2,1-2H3,(H,75,76,77)(H,78,79,80);;/q;2*+1/p-2/b33-25+,34-26+,66-64?,67-65?;;. The second-order valence-corrected chi connectivity index (χ2v) is 21.9. The summed E-state index contributed by atoms with van der Waals surface area (Å²) < 4.78 is 84.0. The summed E-state index contributed by atoms with van der Waals surface area (Å²) in [5, 5.41) is 48.8. The van der Waals surface area contributed by atoms with E-state index in [1.807, 2.05) is 0 Å². The van der Waals surface area contributed by atoms with Crippen molar-refractivity contribution in [3.63, 3.8) is 0 Å². The van der Waals surface area contributed by atoms with Crippen molar-refractivity contribution in [1.82, 2.24) is 0 Å². The Morgan fingerprint density at radius 1 is 0.453 bits per heavy atom. The Morgan fingerprint density at radius 3 is 1.12 bits per heavy atom. The first-order valence-electron chi connectivity index (χ1n) is 25.2. The van der Waals surface area contributed by atoms with Gasteiger partial charge >= 0.3 is 59.1 Å². The third kappa shape index (κ3) is 12.0. The van der Waals surface area contributed by atoms with E-state index in [1.54, 1.807) is 60.7 Å². The number of methoxy groups -OCH3 is 2. The Morgan fingerprint density at radius 2 is 0.791 bits per heavy atom. The number of hydrogen-bond donors (Lipinski definition) is 4. The van der Waals surface area contributed by atoms with Crippen molar-refractivity contribution in [2.75, 3.05) is 24.9 Å². The summed E-state index contributed by atoms with van der Waals surface area (Å²) in [6.07, 6.45) is 3.38. The van der Waals surface area contributed by atoms with Crippen LogP contribution < -0.4 is 89.4 Å². The van der Waals surface area contributed by atoms with Crippen LogP contribution in [0, 0.1) is 0 Å². The number of ether oxygens (including phenoxy) is 2. The summed E-state index contributed by atoms with van der Waals surface area (Å²) in [6.45, 7) is 0. The smallest absolute Gasteiger partial charge is 0.871 e. The van der Waals surface area contributed by atoms with Gasteiger partial charge in [-0.2, -0.15) is 27.1 Å². The van der Waals surface area contributed by atoms with Crippen molar-refractivity contribution in [1.29, 1.82) is 0 Å². The zero-order chi connectivity index (χ0) is 59.4. The van der Waals surface area contributed by atoms with Gasteiger partial charge in [-0.25, -0.2) is 0 Å². The number of azo groups is 2. The topological polar surface area (TPSA) is 332 Å². The molecule has 0 radical (unpaired) electrons. The quantitative estimate of drug-likeness (QED) is 0.0479. The molecule has 1 fully saturated rings. The van der Waals surface area contributed by atoms with Crippen LogP contribution in [0.1, 0.15) is 87.7 Å². The number of carbonyl (C=O) groups is 5. The van der Waals surface area contributed by atoms with Crippen LogP contribution in [-0.2, 0) is 25.0 Å². The summed E-state index contributed by atoms with van der Waals surface area (Å²) in [4.78, 5) is 69.2. The Kier molecular flexibility index (Phi) is 17.9. The fraction of sp³-hybridized carbons (Fsp3) is 0.0656. The summed E-state index contributed by atoms with van der Waals surface area (Å²) >= 11 is 0. The molecule has 4 N–H and O–H groups in total. The first-order chi connectivity index (χ1) is 40.2. The molecule has 0 aromatic heterocycles. The van der Waals surface area contributed by atoms with E-state index in [-0.39, 0.29) is 150 Å². The number of fused-ring (bicyclic) bond motifs is 4. The number of rotatable bonds is 14. The molecular weight excluding hydrogens is 1170 g/mol. The van der Waals surface area contributed by atoms with Crippen LogP contribution in [0.5, 0.6) is 23.0 Å². The molecule has 418 valence electrons. The minimum Gasteiger partial charge on any atom is -0.871 e. The van der Waals surface area contributed by atoms with Crippen molar-refractivity contribution in [2.24, 2.45) is 20.5 Å². The van der Waals surface area contributed by atoms with Crippen LogP contribution in [0.2, 0.25) is 0 Å². The predicted octanol–water partition coefficient (Wildman–Crippen LogP) is 5.05. The second kappa shape index (κ2) is 24.8. The van der Waals surface area contributed by atoms with Crippen molar-refractivity contribution in [3.05, 3.63) is 212 Å². The van der Waals surface area contributed by atoms with Gasteiger partial charge in [-0.3, -0.25) is 33.1 Å². The molecule has 0 amide bonds. The van der Waals surface area contributed by atoms with Crippen molar-refractivity contribution < 1.29 is 129 Å². The van der Waals surface area contributed by atoms with Crippen LogP contribution >= 0.6 is 0 Å². The van der Waals surface area contributed by atoms with E-state index in [9.17, 15) is 60.1 Å². The number of nitrogens with one attached hydrogen (secondary N) is 2. The van der Waals surface area contributed by atoms with E-state index >= 15 is 0 Å². The van der Waals surface area contributed by atoms with Gasteiger partial charge in [0.1, 0.15) is 32.7 Å². The second-order valence-electron chi connectivity index (χ2n) is 19.1. The predicted molar refractivity (Wildman–Crippen MR) is 302 cm³/mol. The third-order valence-electron chi connectivity index (χ3n) is 14.0. The SMILES string of the molecule is COc1ccc(Nc2cc(S(=O)(=O)O)c(N=Nc3cc(/C=C4\CC/C(=C\c5ccc([O-])c(N=Nc6c(S(=O)(=O)O)cc(Nc7ccc(OC)cc7)c7c6C(=O)c6ccccc6C7=O)c5)C4=O)ccc3[O-])c3c2C(=O)c2ccccc2C3=O)cc1.[Na+].[Na+]. The number of hydrogen-bond acceptors (Lipinski definition) is 19. The van der Waals surface area contributed by atoms with Gasteiger partial charge < -0.3 is 30.3 Å². The van der Waals surface area contributed by atoms with E-state index < -0.39 is 92.9 Å². The van der Waals surface area contributed by atoms with Gasteiger partial charge in [-0.15, -0.1) is 10.2 Å². The first kappa shape index (κ1) is 62.0. The van der Waals surface area contributed by atoms with Gasteiger partial charge in [0.05, 0.1) is 59.2 Å². The molecule has 0 bridgehead atoms. The van der Waals surface area contributed by atoms with Gasteiger partial charge in [-0.1, -0.05) is 84.3 Å². The molecule has 11 rings (SSSR count). The van der Waals surface area contributed by atoms with E-state index in [0.717, 1.165) is 24.3 Å². The van der Waals surface area contributed by atoms with Crippen LogP contribution in [-0.4, -0.2) is 69.1 Å². The molecular formula is C61H40N6Na2O15S2. The number of anilines is 4. The number of carbonyl (C=O) groups excluding carboxylic acids is 5. The van der Waals surface area contributed by atoms with Crippen LogP contribution in [0.4, 0.5) is 45.5 Å². The van der Waals surface area contributed by atoms with Crippen molar-refractivity contribution in [2.45, 2.75) is 22.6 Å². The summed E-state index contributed by atoms with van der Waals surface area (Å²) in [5.74, 6) is -3.84. The molecule has 25 heteroatoms. The van der Waals surface area contributed by atoms with E-state index in [1.165, 1.54) is 87.0 Å². The number of allylic oxidation sites excluding steroid dienone is 2. The fourth-order valence-corrected chi connectivity index (χ4v) is 11.3. The Hall–Kier alpha value is -8.59. The van der Waals surface area contributed by atoms with Crippen molar-refractivity contribution >= 4 is 107 Å². The van der Waals surface area contributed by atoms with Gasteiger partial charge in [0.15, 0.2) is 28.9 Å². The molecule has 3 aliphatic rings. The first-order valence-corrected chi connectivity index (χ1v) is 28.1. The van der Waals surface area contributed by atoms with Crippen LogP contribution in [0.25, 0.3) is 12.2 Å². The molecule has 1 saturated carbocycles. The van der Waals surface area contributed by atoms with Gasteiger partial charge in [0.2, 0.25) is 0 Å². The number of nitrogens with zero attached hydrogens (tertiary/aromatic N) is 4. The number of benzene rings is 8. The molecule has 21 nitrogen and oxygen atoms in total. The maximum Gasteiger partial charge on any atom is 1.00 e. The molecule has 0 spiro atoms. The summed E-state index contributed by atoms with van der Waals surface area (Å²) in [5.41, 5.74) is -2.35. The zero-order valence-corrected chi connectivity index (χ0v) is 51.4. The van der Waals surface area contributed by atoms with Gasteiger partial charge in [-0.05, 0) is 109 Å². The maximum absolute atomic E-state index is 14.3. The minimum absolute atomic E-state index is 0. The normalized spacial score (nSPS) is 14.6. The molecule has 0 saturated heterocycles. The van der Waals surface area contributed by atoms with E-state index in [4.69, 9.17) is 9.47 Å². The molecule has 86 heavy (non-hydrogen) atoms. The van der Waals surface area contributed by atoms with Crippen molar-refractivity contribution in [3.8, 4) is 23.0 Å². The number of Topliss-reactive ketones (excluding diaryl/α,β-unsaturated/α-hetero) is 1. The average Bonchev–Trinajstić information content (AvgIpc) is 0.885. The largest absolute Gasteiger partial charge is 1.00 e. The van der Waals surface area contributed by atoms with Gasteiger partial charge in [0.25, 0.3) is 20.2 Å².